The van der Waals surface area contributed by atoms with Crippen molar-refractivity contribution in [1.82, 2.24) is 4.90 Å². The molecule has 0 bridgehead atoms. The fraction of sp³-hybridized carbons (Fsp3) is 0.778. The largest absolute Gasteiger partial charge is 0.324 e. The predicted molar refractivity (Wildman–Crippen MR) is 56.0 cm³/mol. The summed E-state index contributed by atoms with van der Waals surface area (Å²) in [7, 11) is 0. The maximum absolute atomic E-state index is 11.5. The van der Waals surface area contributed by atoms with E-state index < -0.39 is 16.3 Å². The molecule has 1 rings (SSSR count). The Kier molecular flexibility index (Phi) is 4.12. The Morgan fingerprint density at radius 2 is 1.73 bits per heavy atom. The van der Waals surface area contributed by atoms with E-state index in [1.165, 1.54) is 4.90 Å². The van der Waals surface area contributed by atoms with E-state index in [1.54, 1.807) is 20.8 Å². The van der Waals surface area contributed by atoms with Gasteiger partial charge in [0.25, 0.3) is 5.12 Å². The van der Waals surface area contributed by atoms with Gasteiger partial charge >= 0.3 is 11.2 Å². The summed E-state index contributed by atoms with van der Waals surface area (Å²) < 4.78 is 10.8. The number of hydrogen-bond acceptors (Lipinski definition) is 5. The van der Waals surface area contributed by atoms with Crippen molar-refractivity contribution in [2.75, 3.05) is 19.8 Å². The van der Waals surface area contributed by atoms with Crippen LogP contribution in [-0.4, -0.2) is 40.9 Å². The molecule has 1 aliphatic heterocycles. The highest BCUT2D eigenvalue weighted by atomic mass is 32.2. The third-order valence-corrected chi connectivity index (χ3v) is 3.02. The zero-order valence-corrected chi connectivity index (χ0v) is 9.93. The van der Waals surface area contributed by atoms with Crippen LogP contribution in [0.3, 0.4) is 0 Å². The number of ether oxygens (including phenoxy) is 2. The Hall–Kier alpha value is -0.590. The van der Waals surface area contributed by atoms with Gasteiger partial charge in [-0.25, -0.2) is 0 Å². The van der Waals surface area contributed by atoms with Gasteiger partial charge in [-0.05, 0) is 20.8 Å². The molecule has 0 unspecified atom stereocenters. The molecule has 5 nitrogen and oxygen atoms in total. The van der Waals surface area contributed by atoms with Crippen LogP contribution in [0.2, 0.25) is 0 Å². The Balaban J connectivity index is 2.94. The van der Waals surface area contributed by atoms with Crippen molar-refractivity contribution in [1.29, 1.82) is 0 Å². The van der Waals surface area contributed by atoms with Gasteiger partial charge in [0, 0.05) is 31.5 Å². The van der Waals surface area contributed by atoms with Crippen molar-refractivity contribution >= 4 is 22.8 Å². The summed E-state index contributed by atoms with van der Waals surface area (Å²) in [5.41, 5.74) is 0. The Labute approximate surface area is 93.1 Å². The van der Waals surface area contributed by atoms with Crippen LogP contribution in [0.15, 0.2) is 0 Å². The second kappa shape index (κ2) is 4.96. The van der Waals surface area contributed by atoms with Crippen LogP contribution in [-0.2, 0) is 19.1 Å². The summed E-state index contributed by atoms with van der Waals surface area (Å²) in [6.45, 7) is 6.51. The second-order valence-corrected chi connectivity index (χ2v) is 3.92. The monoisotopic (exact) mass is 233 g/mol. The normalized spacial score (nSPS) is 20.1. The summed E-state index contributed by atoms with van der Waals surface area (Å²) >= 11 is 0.796. The minimum atomic E-state index is -1.24. The lowest BCUT2D eigenvalue weighted by atomic mass is 10.5. The molecule has 1 saturated heterocycles. The van der Waals surface area contributed by atoms with Crippen molar-refractivity contribution in [3.8, 4) is 0 Å². The van der Waals surface area contributed by atoms with E-state index in [1.807, 2.05) is 0 Å². The van der Waals surface area contributed by atoms with Crippen molar-refractivity contribution in [3.05, 3.63) is 0 Å². The van der Waals surface area contributed by atoms with Crippen molar-refractivity contribution in [3.63, 3.8) is 0 Å². The van der Waals surface area contributed by atoms with Crippen LogP contribution in [0.1, 0.15) is 20.8 Å². The minimum Gasteiger partial charge on any atom is -0.324 e. The summed E-state index contributed by atoms with van der Waals surface area (Å²) in [5.74, 6) is -0.551. The lowest BCUT2D eigenvalue weighted by Gasteiger charge is -2.33. The zero-order valence-electron chi connectivity index (χ0n) is 9.11. The molecule has 1 aliphatic rings. The zero-order chi connectivity index (χ0) is 11.5. The van der Waals surface area contributed by atoms with E-state index in [2.05, 4.69) is 0 Å². The van der Waals surface area contributed by atoms with Crippen LogP contribution in [0, 0.1) is 0 Å². The topological polar surface area (TPSA) is 55.8 Å². The SMILES string of the molecule is CCOC1(OCC)SC(=O)C(=O)N1CC. The van der Waals surface area contributed by atoms with Crippen molar-refractivity contribution < 1.29 is 19.1 Å². The molecule has 15 heavy (non-hydrogen) atoms. The fourth-order valence-corrected chi connectivity index (χ4v) is 2.52. The molecule has 1 amide bonds. The smallest absolute Gasteiger partial charge is 0.315 e. The average molecular weight is 233 g/mol. The van der Waals surface area contributed by atoms with E-state index >= 15 is 0 Å². The first kappa shape index (κ1) is 12.5. The first-order valence-electron chi connectivity index (χ1n) is 4.94. The number of amides is 1. The molecule has 0 atom stereocenters. The lowest BCUT2D eigenvalue weighted by molar-refractivity contribution is -0.239. The third kappa shape index (κ3) is 2.16. The minimum absolute atomic E-state index is 0.379. The maximum Gasteiger partial charge on any atom is 0.315 e. The van der Waals surface area contributed by atoms with E-state index in [0.29, 0.717) is 19.8 Å². The third-order valence-electron chi connectivity index (χ3n) is 1.94. The first-order valence-corrected chi connectivity index (χ1v) is 5.75. The van der Waals surface area contributed by atoms with Gasteiger partial charge < -0.3 is 9.47 Å². The molecule has 0 spiro atoms. The van der Waals surface area contributed by atoms with E-state index in [0.717, 1.165) is 11.8 Å². The Morgan fingerprint density at radius 3 is 2.13 bits per heavy atom. The van der Waals surface area contributed by atoms with Gasteiger partial charge in [-0.1, -0.05) is 0 Å². The standard InChI is InChI=1S/C9H15NO4S/c1-4-10-7(11)8(12)15-9(10,13-5-2)14-6-3/h4-6H2,1-3H3. The van der Waals surface area contributed by atoms with Gasteiger partial charge in [-0.15, -0.1) is 0 Å². The number of hydrogen-bond donors (Lipinski definition) is 0. The van der Waals surface area contributed by atoms with E-state index in [4.69, 9.17) is 9.47 Å². The Bertz CT molecular complexity index is 263. The lowest BCUT2D eigenvalue weighted by Crippen LogP contribution is -2.48. The summed E-state index contributed by atoms with van der Waals surface area (Å²) in [6, 6.07) is 0. The molecule has 1 fully saturated rings. The number of nitrogens with zero attached hydrogens (tertiary/aromatic N) is 1. The molecule has 0 aliphatic carbocycles. The van der Waals surface area contributed by atoms with Crippen molar-refractivity contribution in [2.24, 2.45) is 0 Å². The highest BCUT2D eigenvalue weighted by Gasteiger charge is 2.53. The highest BCUT2D eigenvalue weighted by molar-refractivity contribution is 8.16. The molecule has 0 aromatic rings. The molecule has 0 saturated carbocycles. The molecule has 0 radical (unpaired) electrons. The van der Waals surface area contributed by atoms with Gasteiger partial charge in [0.05, 0.1) is 0 Å². The predicted octanol–water partition coefficient (Wildman–Crippen LogP) is 0.793. The van der Waals surface area contributed by atoms with Gasteiger partial charge in [-0.2, -0.15) is 0 Å². The summed E-state index contributed by atoms with van der Waals surface area (Å²) in [5, 5.41) is -1.77. The molecular weight excluding hydrogens is 218 g/mol. The van der Waals surface area contributed by atoms with Crippen LogP contribution in [0.5, 0.6) is 0 Å². The molecular formula is C9H15NO4S. The van der Waals surface area contributed by atoms with Gasteiger partial charge in [-0.3, -0.25) is 14.5 Å². The summed E-state index contributed by atoms with van der Waals surface area (Å²) in [6.07, 6.45) is 0. The van der Waals surface area contributed by atoms with Crippen molar-refractivity contribution in [2.45, 2.75) is 26.0 Å². The number of thioether (sulfide) groups is 1. The number of carbonyl (C=O) groups excluding carboxylic acids is 2. The fourth-order valence-electron chi connectivity index (χ4n) is 1.41. The molecule has 86 valence electrons. The quantitative estimate of drug-likeness (QED) is 0.519. The molecule has 0 N–H and O–H groups in total. The number of carbonyl (C=O) groups is 2. The maximum atomic E-state index is 11.5. The molecule has 0 aromatic carbocycles. The van der Waals surface area contributed by atoms with Gasteiger partial charge in [0.15, 0.2) is 0 Å². The number of likely N-dealkylation sites (N-methyl/N-ethyl adjacent to an activating group) is 1. The first-order chi connectivity index (χ1) is 7.11. The van der Waals surface area contributed by atoms with E-state index in [9.17, 15) is 9.59 Å². The summed E-state index contributed by atoms with van der Waals surface area (Å²) in [4.78, 5) is 24.1. The second-order valence-electron chi connectivity index (χ2n) is 2.83. The molecule has 6 heteroatoms. The molecule has 0 aromatic heterocycles. The van der Waals surface area contributed by atoms with Gasteiger partial charge in [0.2, 0.25) is 0 Å². The molecule has 1 heterocycles. The van der Waals surface area contributed by atoms with Crippen LogP contribution < -0.4 is 0 Å². The van der Waals surface area contributed by atoms with Crippen LogP contribution >= 0.6 is 11.8 Å². The number of rotatable bonds is 5. The highest BCUT2D eigenvalue weighted by Crippen LogP contribution is 2.39. The Morgan fingerprint density at radius 1 is 1.20 bits per heavy atom. The van der Waals surface area contributed by atoms with Crippen LogP contribution in [0.4, 0.5) is 0 Å². The van der Waals surface area contributed by atoms with Gasteiger partial charge in [0.1, 0.15) is 0 Å². The van der Waals surface area contributed by atoms with E-state index in [-0.39, 0.29) is 0 Å². The average Bonchev–Trinajstić information content (AvgIpc) is 2.40. The van der Waals surface area contributed by atoms with Crippen LogP contribution in [0.25, 0.3) is 0 Å².